The van der Waals surface area contributed by atoms with E-state index in [2.05, 4.69) is 13.8 Å². The van der Waals surface area contributed by atoms with Gasteiger partial charge in [-0.2, -0.15) is 0 Å². The smallest absolute Gasteiger partial charge is 0.490 e. The molecule has 3 aromatic carbocycles. The number of benzene rings is 3. The van der Waals surface area contributed by atoms with Crippen LogP contribution in [0.15, 0.2) is 60.7 Å². The summed E-state index contributed by atoms with van der Waals surface area (Å²) in [4.78, 5) is 22.4. The van der Waals surface area contributed by atoms with E-state index in [-0.39, 0.29) is 18.1 Å². The van der Waals surface area contributed by atoms with Gasteiger partial charge in [-0.25, -0.2) is 9.59 Å². The summed E-state index contributed by atoms with van der Waals surface area (Å²) < 4.78 is 28.0. The first-order valence-corrected chi connectivity index (χ1v) is 13.5. The first kappa shape index (κ1) is 30.1. The van der Waals surface area contributed by atoms with Crippen LogP contribution >= 0.6 is 0 Å². The van der Waals surface area contributed by atoms with E-state index in [0.29, 0.717) is 41.6 Å². The van der Waals surface area contributed by atoms with Gasteiger partial charge in [-0.05, 0) is 60.4 Å². The third-order valence-corrected chi connectivity index (χ3v) is 5.93. The summed E-state index contributed by atoms with van der Waals surface area (Å²) in [5, 5.41) is 18.3. The van der Waals surface area contributed by atoms with Crippen molar-refractivity contribution in [3.05, 3.63) is 66.2 Å². The average molecular weight is 553 g/mol. The molecular weight excluding hydrogens is 516 g/mol. The Balaban J connectivity index is 1.86. The highest BCUT2D eigenvalue weighted by molar-refractivity contribution is 5.80. The van der Waals surface area contributed by atoms with Crippen LogP contribution in [0.3, 0.4) is 0 Å². The zero-order valence-electron chi connectivity index (χ0n) is 22.9. The number of hydrogen-bond donors (Lipinski definition) is 2. The van der Waals surface area contributed by atoms with E-state index in [1.54, 1.807) is 24.3 Å². The molecular formula is C31H36O9. The molecule has 0 fully saturated rings. The van der Waals surface area contributed by atoms with E-state index >= 15 is 0 Å². The summed E-state index contributed by atoms with van der Waals surface area (Å²) in [6.07, 6.45) is 3.32. The van der Waals surface area contributed by atoms with Gasteiger partial charge in [0.1, 0.15) is 23.9 Å². The summed E-state index contributed by atoms with van der Waals surface area (Å²) in [6.45, 7) is 5.62. The van der Waals surface area contributed by atoms with Crippen molar-refractivity contribution >= 4 is 12.3 Å². The molecule has 214 valence electrons. The highest BCUT2D eigenvalue weighted by Gasteiger charge is 2.18. The molecule has 0 atom stereocenters. The van der Waals surface area contributed by atoms with E-state index in [9.17, 15) is 14.7 Å². The molecule has 40 heavy (non-hydrogen) atoms. The Morgan fingerprint density at radius 3 is 1.98 bits per heavy atom. The molecule has 0 saturated carbocycles. The normalized spacial score (nSPS) is 10.6. The molecule has 3 rings (SSSR count). The van der Waals surface area contributed by atoms with Gasteiger partial charge in [-0.1, -0.05) is 63.8 Å². The zero-order valence-corrected chi connectivity index (χ0v) is 22.9. The highest BCUT2D eigenvalue weighted by Crippen LogP contribution is 2.40. The van der Waals surface area contributed by atoms with Crippen molar-refractivity contribution in [2.75, 3.05) is 13.2 Å². The van der Waals surface area contributed by atoms with Crippen molar-refractivity contribution in [2.24, 2.45) is 0 Å². The van der Waals surface area contributed by atoms with Crippen molar-refractivity contribution in [1.82, 2.24) is 0 Å². The van der Waals surface area contributed by atoms with Gasteiger partial charge < -0.3 is 33.9 Å². The Morgan fingerprint density at radius 2 is 1.30 bits per heavy atom. The Labute approximate surface area is 234 Å². The van der Waals surface area contributed by atoms with Gasteiger partial charge in [0.2, 0.25) is 0 Å². The summed E-state index contributed by atoms with van der Waals surface area (Å²) in [7, 11) is 0. The molecule has 0 amide bonds. The second-order valence-electron chi connectivity index (χ2n) is 9.07. The molecule has 0 aliphatic rings. The van der Waals surface area contributed by atoms with E-state index < -0.39 is 12.3 Å². The maximum Gasteiger partial charge on any atom is 0.511 e. The summed E-state index contributed by atoms with van der Waals surface area (Å²) in [5.74, 6) is 1.78. The summed E-state index contributed by atoms with van der Waals surface area (Å²) >= 11 is 0. The van der Waals surface area contributed by atoms with Crippen LogP contribution < -0.4 is 23.7 Å². The molecule has 0 saturated heterocycles. The lowest BCUT2D eigenvalue weighted by molar-refractivity contribution is 0.143. The fraction of sp³-hybridized carbons (Fsp3) is 0.355. The van der Waals surface area contributed by atoms with Crippen LogP contribution in [-0.2, 0) is 6.61 Å². The number of unbranched alkanes of at least 4 members (excludes halogenated alkanes) is 4. The molecule has 2 N–H and O–H groups in total. The maximum atomic E-state index is 11.4. The van der Waals surface area contributed by atoms with E-state index in [1.807, 2.05) is 18.2 Å². The lowest BCUT2D eigenvalue weighted by Crippen LogP contribution is -2.06. The number of carboxylic acid groups (broad SMARTS) is 2. The molecule has 9 nitrogen and oxygen atoms in total. The molecule has 0 aliphatic carbocycles. The van der Waals surface area contributed by atoms with Gasteiger partial charge in [0, 0.05) is 0 Å². The lowest BCUT2D eigenvalue weighted by atomic mass is 10.0. The minimum Gasteiger partial charge on any atom is -0.490 e. The predicted octanol–water partition coefficient (Wildman–Crippen LogP) is 8.18. The van der Waals surface area contributed by atoms with Gasteiger partial charge in [-0.3, -0.25) is 0 Å². The molecule has 0 aromatic heterocycles. The lowest BCUT2D eigenvalue weighted by Gasteiger charge is -2.17. The molecule has 0 spiro atoms. The van der Waals surface area contributed by atoms with Crippen molar-refractivity contribution in [3.63, 3.8) is 0 Å². The zero-order chi connectivity index (χ0) is 28.7. The van der Waals surface area contributed by atoms with Gasteiger partial charge in [0.25, 0.3) is 0 Å². The maximum absolute atomic E-state index is 11.4. The number of rotatable bonds is 16. The number of carbonyl (C=O) groups is 2. The van der Waals surface area contributed by atoms with Gasteiger partial charge >= 0.3 is 12.3 Å². The standard InChI is InChI=1S/C31H36O9/c1-3-5-7-17-36-25-16-15-22(19-28(25)37-18-8-6-4-2)21-38-26-13-10-14-27(40-31(34)35)29(26)23-11-9-12-24(20-23)39-30(32)33/h9-16,19-20H,3-8,17-18,21H2,1-2H3,(H,32,33)(H,34,35). The largest absolute Gasteiger partial charge is 0.511 e. The van der Waals surface area contributed by atoms with Crippen molar-refractivity contribution in [1.29, 1.82) is 0 Å². The third-order valence-electron chi connectivity index (χ3n) is 5.93. The van der Waals surface area contributed by atoms with Gasteiger partial charge in [-0.15, -0.1) is 0 Å². The molecule has 3 aromatic rings. The monoisotopic (exact) mass is 552 g/mol. The number of ether oxygens (including phenoxy) is 5. The van der Waals surface area contributed by atoms with Crippen LogP contribution in [0.1, 0.15) is 57.9 Å². The fourth-order valence-electron chi connectivity index (χ4n) is 4.01. The quantitative estimate of drug-likeness (QED) is 0.103. The Morgan fingerprint density at radius 1 is 0.650 bits per heavy atom. The number of hydrogen-bond acceptors (Lipinski definition) is 7. The van der Waals surface area contributed by atoms with E-state index in [4.69, 9.17) is 28.8 Å². The summed E-state index contributed by atoms with van der Waals surface area (Å²) in [6, 6.07) is 16.7. The Bertz CT molecular complexity index is 1260. The molecule has 0 bridgehead atoms. The van der Waals surface area contributed by atoms with Gasteiger partial charge in [0.05, 0.1) is 18.8 Å². The SMILES string of the molecule is CCCCCOc1ccc(COc2cccc(OC(=O)O)c2-c2cccc(OC(=O)O)c2)cc1OCCCCC. The van der Waals surface area contributed by atoms with Crippen LogP contribution in [0.5, 0.6) is 28.7 Å². The summed E-state index contributed by atoms with van der Waals surface area (Å²) in [5.41, 5.74) is 1.62. The first-order valence-electron chi connectivity index (χ1n) is 13.5. The molecule has 0 radical (unpaired) electrons. The topological polar surface area (TPSA) is 121 Å². The predicted molar refractivity (Wildman–Crippen MR) is 150 cm³/mol. The van der Waals surface area contributed by atoms with E-state index in [1.165, 1.54) is 18.2 Å². The van der Waals surface area contributed by atoms with Crippen molar-refractivity contribution < 1.29 is 43.5 Å². The van der Waals surface area contributed by atoms with Gasteiger partial charge in [0.15, 0.2) is 11.5 Å². The van der Waals surface area contributed by atoms with Crippen LogP contribution in [0.25, 0.3) is 11.1 Å². The van der Waals surface area contributed by atoms with Crippen molar-refractivity contribution in [3.8, 4) is 39.9 Å². The average Bonchev–Trinajstić information content (AvgIpc) is 2.92. The van der Waals surface area contributed by atoms with Crippen molar-refractivity contribution in [2.45, 2.75) is 59.0 Å². The minimum absolute atomic E-state index is 0.0354. The van der Waals surface area contributed by atoms with Crippen LogP contribution in [0, 0.1) is 0 Å². The second kappa shape index (κ2) is 15.9. The van der Waals surface area contributed by atoms with E-state index in [0.717, 1.165) is 44.1 Å². The first-order chi connectivity index (χ1) is 19.4. The molecule has 9 heteroatoms. The highest BCUT2D eigenvalue weighted by atomic mass is 16.7. The third kappa shape index (κ3) is 9.41. The fourth-order valence-corrected chi connectivity index (χ4v) is 4.01. The Kier molecular flexibility index (Phi) is 12.0. The van der Waals surface area contributed by atoms with Crippen LogP contribution in [-0.4, -0.2) is 35.7 Å². The molecule has 0 unspecified atom stereocenters. The second-order valence-corrected chi connectivity index (χ2v) is 9.07. The van der Waals surface area contributed by atoms with Crippen LogP contribution in [0.2, 0.25) is 0 Å². The molecule has 0 heterocycles. The molecule has 0 aliphatic heterocycles. The minimum atomic E-state index is -1.49. The Hall–Kier alpha value is -4.40. The van der Waals surface area contributed by atoms with Crippen LogP contribution in [0.4, 0.5) is 9.59 Å².